The number of hydrogen-bond donors (Lipinski definition) is 2. The minimum atomic E-state index is -0.289. The Morgan fingerprint density at radius 2 is 1.96 bits per heavy atom. The molecular weight excluding hydrogens is 471 g/mol. The second kappa shape index (κ2) is 10.6. The summed E-state index contributed by atoms with van der Waals surface area (Å²) >= 11 is 1.77. The Bertz CT molecular complexity index is 608. The molecule has 1 saturated carbocycles. The number of nitrogens with one attached hydrogen (secondary N) is 2. The molecule has 0 spiro atoms. The maximum absolute atomic E-state index is 12.7. The first-order valence-electron chi connectivity index (χ1n) is 9.59. The zero-order valence-electron chi connectivity index (χ0n) is 17.3. The molecule has 1 aliphatic rings. The summed E-state index contributed by atoms with van der Waals surface area (Å²) < 4.78 is 0. The lowest BCUT2D eigenvalue weighted by Gasteiger charge is -2.31. The number of carbonyl (C=O) groups is 1. The van der Waals surface area contributed by atoms with Gasteiger partial charge in [-0.15, -0.1) is 35.3 Å². The van der Waals surface area contributed by atoms with Gasteiger partial charge in [0, 0.05) is 37.5 Å². The molecule has 1 fully saturated rings. The monoisotopic (exact) mass is 506 g/mol. The van der Waals surface area contributed by atoms with E-state index in [-0.39, 0.29) is 40.7 Å². The van der Waals surface area contributed by atoms with Crippen LogP contribution in [0.2, 0.25) is 0 Å². The highest BCUT2D eigenvalue weighted by Crippen LogP contribution is 2.39. The van der Waals surface area contributed by atoms with Gasteiger partial charge in [0.1, 0.15) is 0 Å². The van der Waals surface area contributed by atoms with Crippen molar-refractivity contribution in [3.8, 4) is 0 Å². The van der Waals surface area contributed by atoms with Gasteiger partial charge in [-0.2, -0.15) is 0 Å². The van der Waals surface area contributed by atoms with Gasteiger partial charge in [-0.25, -0.2) is 0 Å². The summed E-state index contributed by atoms with van der Waals surface area (Å²) in [5.41, 5.74) is -0.288. The minimum Gasteiger partial charge on any atom is -0.357 e. The third-order valence-electron chi connectivity index (χ3n) is 5.18. The fourth-order valence-corrected chi connectivity index (χ4v) is 4.45. The van der Waals surface area contributed by atoms with Crippen LogP contribution in [0.1, 0.15) is 51.3 Å². The third-order valence-corrected chi connectivity index (χ3v) is 6.42. The number of guanidine groups is 1. The maximum atomic E-state index is 12.7. The number of halogens is 1. The smallest absolute Gasteiger partial charge is 0.230 e. The van der Waals surface area contributed by atoms with Crippen LogP contribution in [0.3, 0.4) is 0 Å². The van der Waals surface area contributed by atoms with Crippen LogP contribution in [0.25, 0.3) is 0 Å². The molecule has 2 rings (SSSR count). The average Bonchev–Trinajstić information content (AvgIpc) is 3.29. The van der Waals surface area contributed by atoms with E-state index in [1.165, 1.54) is 4.88 Å². The van der Waals surface area contributed by atoms with Crippen LogP contribution in [-0.4, -0.2) is 50.5 Å². The normalized spacial score (nSPS) is 16.6. The third kappa shape index (κ3) is 6.34. The summed E-state index contributed by atoms with van der Waals surface area (Å²) in [7, 11) is 3.70. The Morgan fingerprint density at radius 1 is 1.30 bits per heavy atom. The lowest BCUT2D eigenvalue weighted by atomic mass is 9.84. The molecule has 154 valence electrons. The molecule has 1 aliphatic carbocycles. The minimum absolute atomic E-state index is 0. The van der Waals surface area contributed by atoms with Gasteiger partial charge in [0.25, 0.3) is 0 Å². The highest BCUT2D eigenvalue weighted by molar-refractivity contribution is 14.0. The Morgan fingerprint density at radius 3 is 2.48 bits per heavy atom. The van der Waals surface area contributed by atoms with Crippen molar-refractivity contribution in [1.82, 2.24) is 15.5 Å². The maximum Gasteiger partial charge on any atom is 0.230 e. The average molecular weight is 506 g/mol. The molecule has 5 nitrogen and oxygen atoms in total. The van der Waals surface area contributed by atoms with E-state index in [4.69, 9.17) is 4.99 Å². The van der Waals surface area contributed by atoms with Crippen LogP contribution in [0.5, 0.6) is 0 Å². The molecule has 27 heavy (non-hydrogen) atoms. The van der Waals surface area contributed by atoms with Crippen molar-refractivity contribution in [3.05, 3.63) is 22.4 Å². The van der Waals surface area contributed by atoms with Gasteiger partial charge >= 0.3 is 0 Å². The Hall–Kier alpha value is -0.830. The SMILES string of the molecule is CCNC(=NCC(C)(C)c1cccs1)NCC1(C(=O)N(C)C)CCCC1.I. The quantitative estimate of drug-likeness (QED) is 0.336. The van der Waals surface area contributed by atoms with Gasteiger partial charge in [-0.05, 0) is 31.2 Å². The number of amides is 1. The van der Waals surface area contributed by atoms with Gasteiger partial charge in [-0.3, -0.25) is 9.79 Å². The summed E-state index contributed by atoms with van der Waals surface area (Å²) in [6.07, 6.45) is 4.16. The van der Waals surface area contributed by atoms with Crippen LogP contribution < -0.4 is 10.6 Å². The van der Waals surface area contributed by atoms with E-state index in [2.05, 4.69) is 48.9 Å². The van der Waals surface area contributed by atoms with E-state index >= 15 is 0 Å². The molecule has 0 radical (unpaired) electrons. The number of rotatable bonds is 7. The molecule has 0 aliphatic heterocycles. The second-order valence-electron chi connectivity index (χ2n) is 8.10. The molecule has 1 aromatic rings. The first-order chi connectivity index (χ1) is 12.3. The van der Waals surface area contributed by atoms with Gasteiger partial charge in [0.05, 0.1) is 12.0 Å². The lowest BCUT2D eigenvalue weighted by Crippen LogP contribution is -2.49. The van der Waals surface area contributed by atoms with Crippen LogP contribution in [-0.2, 0) is 10.2 Å². The number of nitrogens with zero attached hydrogens (tertiary/aromatic N) is 2. The molecule has 0 saturated heterocycles. The highest BCUT2D eigenvalue weighted by Gasteiger charge is 2.42. The van der Waals surface area contributed by atoms with E-state index in [1.807, 2.05) is 14.1 Å². The van der Waals surface area contributed by atoms with E-state index in [1.54, 1.807) is 16.2 Å². The summed E-state index contributed by atoms with van der Waals surface area (Å²) in [6, 6.07) is 4.26. The van der Waals surface area contributed by atoms with E-state index in [9.17, 15) is 4.79 Å². The molecule has 1 aromatic heterocycles. The van der Waals surface area contributed by atoms with Crippen molar-refractivity contribution >= 4 is 47.2 Å². The zero-order chi connectivity index (χ0) is 19.2. The first kappa shape index (κ1) is 24.2. The number of carbonyl (C=O) groups excluding carboxylic acids is 1. The molecule has 0 aromatic carbocycles. The molecule has 0 bridgehead atoms. The van der Waals surface area contributed by atoms with E-state index in [0.29, 0.717) is 13.1 Å². The van der Waals surface area contributed by atoms with Crippen LogP contribution in [0, 0.1) is 5.41 Å². The lowest BCUT2D eigenvalue weighted by molar-refractivity contribution is -0.138. The highest BCUT2D eigenvalue weighted by atomic mass is 127. The summed E-state index contributed by atoms with van der Waals surface area (Å²) in [4.78, 5) is 20.6. The summed E-state index contributed by atoms with van der Waals surface area (Å²) in [6.45, 7) is 8.67. The van der Waals surface area contributed by atoms with Crippen LogP contribution in [0.15, 0.2) is 22.5 Å². The Kier molecular flexibility index (Phi) is 9.54. The molecule has 2 N–H and O–H groups in total. The van der Waals surface area contributed by atoms with E-state index in [0.717, 1.165) is 38.2 Å². The summed E-state index contributed by atoms with van der Waals surface area (Å²) in [5.74, 6) is 1.03. The first-order valence-corrected chi connectivity index (χ1v) is 10.5. The van der Waals surface area contributed by atoms with Crippen molar-refractivity contribution in [3.63, 3.8) is 0 Å². The molecule has 1 amide bonds. The van der Waals surface area contributed by atoms with Crippen molar-refractivity contribution in [2.45, 2.75) is 51.9 Å². The van der Waals surface area contributed by atoms with Crippen LogP contribution >= 0.6 is 35.3 Å². The molecular formula is C20H35IN4OS. The largest absolute Gasteiger partial charge is 0.357 e. The Balaban J connectivity index is 0.00000364. The zero-order valence-corrected chi connectivity index (χ0v) is 20.4. The number of hydrogen-bond acceptors (Lipinski definition) is 3. The van der Waals surface area contributed by atoms with Crippen molar-refractivity contribution in [1.29, 1.82) is 0 Å². The van der Waals surface area contributed by atoms with Gasteiger partial charge in [0.15, 0.2) is 5.96 Å². The molecule has 7 heteroatoms. The summed E-state index contributed by atoms with van der Waals surface area (Å²) in [5, 5.41) is 8.89. The van der Waals surface area contributed by atoms with Gasteiger partial charge in [0.2, 0.25) is 5.91 Å². The van der Waals surface area contributed by atoms with Crippen molar-refractivity contribution in [2.24, 2.45) is 10.4 Å². The second-order valence-corrected chi connectivity index (χ2v) is 9.04. The predicted molar refractivity (Wildman–Crippen MR) is 126 cm³/mol. The number of aliphatic imine (C=N–C) groups is 1. The van der Waals surface area contributed by atoms with Crippen LogP contribution in [0.4, 0.5) is 0 Å². The molecule has 0 atom stereocenters. The van der Waals surface area contributed by atoms with E-state index < -0.39 is 0 Å². The molecule has 1 heterocycles. The number of thiophene rings is 1. The van der Waals surface area contributed by atoms with Gasteiger partial charge < -0.3 is 15.5 Å². The fraction of sp³-hybridized carbons (Fsp3) is 0.700. The predicted octanol–water partition coefficient (Wildman–Crippen LogP) is 3.85. The van der Waals surface area contributed by atoms with Crippen molar-refractivity contribution in [2.75, 3.05) is 33.7 Å². The molecule has 0 unspecified atom stereocenters. The Labute approximate surface area is 185 Å². The van der Waals surface area contributed by atoms with Crippen molar-refractivity contribution < 1.29 is 4.79 Å². The fourth-order valence-electron chi connectivity index (χ4n) is 3.61. The topological polar surface area (TPSA) is 56.7 Å². The van der Waals surface area contributed by atoms with Gasteiger partial charge in [-0.1, -0.05) is 32.8 Å². The standard InChI is InChI=1S/C20H34N4OS.HI/c1-6-21-18(22-14-19(2,3)16-10-9-13-26-16)23-15-20(11-7-8-12-20)17(25)24(4)5;/h9-10,13H,6-8,11-12,14-15H2,1-5H3,(H2,21,22,23);1H.